The number of carbonyl (C=O) groups excluding carboxylic acids is 1. The summed E-state index contributed by atoms with van der Waals surface area (Å²) in [6, 6.07) is 0. The van der Waals surface area contributed by atoms with E-state index in [4.69, 9.17) is 10.8 Å². The molecule has 0 bridgehead atoms. The first-order chi connectivity index (χ1) is 3.66. The van der Waals surface area contributed by atoms with Crippen molar-refractivity contribution in [2.45, 2.75) is 11.2 Å². The number of amides is 1. The third kappa shape index (κ3) is 4.08. The monoisotopic (exact) mass is 181 g/mol. The second-order valence-electron chi connectivity index (χ2n) is 1.45. The molecule has 0 aromatic rings. The highest BCUT2D eigenvalue weighted by Crippen LogP contribution is 2.01. The van der Waals surface area contributed by atoms with E-state index in [1.807, 2.05) is 0 Å². The summed E-state index contributed by atoms with van der Waals surface area (Å²) in [6.45, 7) is -0.0526. The van der Waals surface area contributed by atoms with E-state index < -0.39 is 5.91 Å². The summed E-state index contributed by atoms with van der Waals surface area (Å²) in [4.78, 5) is 9.87. The van der Waals surface area contributed by atoms with Crippen molar-refractivity contribution in [2.24, 2.45) is 5.73 Å². The third-order valence-electron chi connectivity index (χ3n) is 0.621. The van der Waals surface area contributed by atoms with Crippen LogP contribution in [0.25, 0.3) is 0 Å². The number of rotatable bonds is 3. The summed E-state index contributed by atoms with van der Waals surface area (Å²) < 4.78 is 0. The zero-order chi connectivity index (χ0) is 6.57. The van der Waals surface area contributed by atoms with Crippen LogP contribution >= 0.6 is 15.9 Å². The van der Waals surface area contributed by atoms with Gasteiger partial charge in [-0.1, -0.05) is 15.9 Å². The first-order valence-electron chi connectivity index (χ1n) is 2.20. The molecular formula is C4H8BrNO2. The molecule has 0 fully saturated rings. The van der Waals surface area contributed by atoms with Crippen LogP contribution < -0.4 is 5.73 Å². The molecule has 3 nitrogen and oxygen atoms in total. The maximum Gasteiger partial charge on any atom is 0.218 e. The van der Waals surface area contributed by atoms with E-state index in [9.17, 15) is 4.79 Å². The fourth-order valence-corrected chi connectivity index (χ4v) is 0.602. The van der Waals surface area contributed by atoms with E-state index in [-0.39, 0.29) is 17.9 Å². The first-order valence-corrected chi connectivity index (χ1v) is 3.11. The second-order valence-corrected chi connectivity index (χ2v) is 2.75. The Labute approximate surface area is 56.0 Å². The van der Waals surface area contributed by atoms with Crippen LogP contribution in [0.2, 0.25) is 0 Å². The molecule has 4 heteroatoms. The molecule has 0 aromatic carbocycles. The fraction of sp³-hybridized carbons (Fsp3) is 0.750. The van der Waals surface area contributed by atoms with Crippen molar-refractivity contribution in [3.05, 3.63) is 0 Å². The lowest BCUT2D eigenvalue weighted by molar-refractivity contribution is -0.118. The molecule has 8 heavy (non-hydrogen) atoms. The van der Waals surface area contributed by atoms with E-state index in [2.05, 4.69) is 15.9 Å². The zero-order valence-corrected chi connectivity index (χ0v) is 5.89. The largest absolute Gasteiger partial charge is 0.395 e. The predicted molar refractivity (Wildman–Crippen MR) is 33.6 cm³/mol. The predicted octanol–water partition coefficient (Wildman–Crippen LogP) is -0.382. The van der Waals surface area contributed by atoms with Crippen LogP contribution in [0.4, 0.5) is 0 Å². The van der Waals surface area contributed by atoms with Gasteiger partial charge < -0.3 is 10.8 Å². The SMILES string of the molecule is NC(=O)C[C@H](Br)CO. The number of aliphatic hydroxyl groups is 1. The molecule has 0 aliphatic rings. The summed E-state index contributed by atoms with van der Waals surface area (Å²) in [5.41, 5.74) is 4.79. The minimum atomic E-state index is -0.402. The average molecular weight is 182 g/mol. The molecule has 0 radical (unpaired) electrons. The average Bonchev–Trinajstić information content (AvgIpc) is 1.65. The Bertz CT molecular complexity index is 86.1. The molecule has 48 valence electrons. The lowest BCUT2D eigenvalue weighted by Gasteiger charge is -1.98. The Morgan fingerprint density at radius 1 is 1.88 bits per heavy atom. The van der Waals surface area contributed by atoms with Gasteiger partial charge in [-0.05, 0) is 0 Å². The summed E-state index contributed by atoms with van der Waals surface area (Å²) >= 11 is 3.03. The van der Waals surface area contributed by atoms with Crippen molar-refractivity contribution in [3.63, 3.8) is 0 Å². The molecule has 0 aromatic heterocycles. The Balaban J connectivity index is 3.24. The Hall–Kier alpha value is -0.0900. The Morgan fingerprint density at radius 3 is 2.50 bits per heavy atom. The zero-order valence-electron chi connectivity index (χ0n) is 4.30. The van der Waals surface area contributed by atoms with Crippen molar-refractivity contribution >= 4 is 21.8 Å². The molecule has 0 aliphatic carbocycles. The maximum absolute atomic E-state index is 10.0. The molecule has 1 amide bonds. The van der Waals surface area contributed by atoms with Crippen molar-refractivity contribution in [1.82, 2.24) is 0 Å². The summed E-state index contributed by atoms with van der Waals surface area (Å²) in [7, 11) is 0. The van der Waals surface area contributed by atoms with Gasteiger partial charge in [0.05, 0.1) is 6.61 Å². The molecule has 3 N–H and O–H groups in total. The van der Waals surface area contributed by atoms with Crippen LogP contribution in [0.15, 0.2) is 0 Å². The quantitative estimate of drug-likeness (QED) is 0.584. The molecule has 0 heterocycles. The number of alkyl halides is 1. The highest BCUT2D eigenvalue weighted by atomic mass is 79.9. The number of halogens is 1. The van der Waals surface area contributed by atoms with Crippen LogP contribution in [0.1, 0.15) is 6.42 Å². The van der Waals surface area contributed by atoms with E-state index >= 15 is 0 Å². The molecule has 0 rings (SSSR count). The van der Waals surface area contributed by atoms with Gasteiger partial charge in [0.1, 0.15) is 0 Å². The molecule has 0 unspecified atom stereocenters. The van der Waals surface area contributed by atoms with Gasteiger partial charge >= 0.3 is 0 Å². The highest BCUT2D eigenvalue weighted by Gasteiger charge is 2.04. The lowest BCUT2D eigenvalue weighted by Crippen LogP contribution is -2.18. The van der Waals surface area contributed by atoms with Crippen molar-refractivity contribution in [1.29, 1.82) is 0 Å². The number of aliphatic hydroxyl groups excluding tert-OH is 1. The molecule has 0 saturated carbocycles. The van der Waals surface area contributed by atoms with E-state index in [0.29, 0.717) is 0 Å². The maximum atomic E-state index is 10.0. The number of carbonyl (C=O) groups is 1. The third-order valence-corrected chi connectivity index (χ3v) is 1.23. The van der Waals surface area contributed by atoms with Crippen molar-refractivity contribution in [2.75, 3.05) is 6.61 Å². The first kappa shape index (κ1) is 7.91. The summed E-state index contributed by atoms with van der Waals surface area (Å²) in [5.74, 6) is -0.402. The fourth-order valence-electron chi connectivity index (χ4n) is 0.283. The molecule has 0 spiro atoms. The molecular weight excluding hydrogens is 174 g/mol. The summed E-state index contributed by atoms with van der Waals surface area (Å²) in [6.07, 6.45) is 0.191. The van der Waals surface area contributed by atoms with Gasteiger partial charge in [0.2, 0.25) is 5.91 Å². The minimum Gasteiger partial charge on any atom is -0.395 e. The molecule has 0 aliphatic heterocycles. The topological polar surface area (TPSA) is 63.3 Å². The van der Waals surface area contributed by atoms with Crippen LogP contribution in [0.3, 0.4) is 0 Å². The standard InChI is InChI=1S/C4H8BrNO2/c5-3(2-7)1-4(6)8/h3,7H,1-2H2,(H2,6,8)/t3-/m0/s1. The normalized spacial score (nSPS) is 13.2. The Morgan fingerprint density at radius 2 is 2.38 bits per heavy atom. The van der Waals surface area contributed by atoms with Gasteiger partial charge in [0.25, 0.3) is 0 Å². The van der Waals surface area contributed by atoms with Gasteiger partial charge in [-0.2, -0.15) is 0 Å². The van der Waals surface area contributed by atoms with E-state index in [1.54, 1.807) is 0 Å². The number of primary amides is 1. The van der Waals surface area contributed by atoms with Crippen LogP contribution in [-0.2, 0) is 4.79 Å². The number of nitrogens with two attached hydrogens (primary N) is 1. The molecule has 0 saturated heterocycles. The lowest BCUT2D eigenvalue weighted by atomic mass is 10.3. The van der Waals surface area contributed by atoms with E-state index in [1.165, 1.54) is 0 Å². The van der Waals surface area contributed by atoms with Crippen molar-refractivity contribution in [3.8, 4) is 0 Å². The number of hydrogen-bond donors (Lipinski definition) is 2. The van der Waals surface area contributed by atoms with E-state index in [0.717, 1.165) is 0 Å². The van der Waals surface area contributed by atoms with Gasteiger partial charge in [0.15, 0.2) is 0 Å². The number of hydrogen-bond acceptors (Lipinski definition) is 2. The summed E-state index contributed by atoms with van der Waals surface area (Å²) in [5, 5.41) is 8.33. The highest BCUT2D eigenvalue weighted by molar-refractivity contribution is 9.09. The smallest absolute Gasteiger partial charge is 0.218 e. The van der Waals surface area contributed by atoms with Crippen LogP contribution in [0.5, 0.6) is 0 Å². The van der Waals surface area contributed by atoms with Gasteiger partial charge in [0, 0.05) is 11.2 Å². The molecule has 1 atom stereocenters. The van der Waals surface area contributed by atoms with Crippen molar-refractivity contribution < 1.29 is 9.90 Å². The van der Waals surface area contributed by atoms with Gasteiger partial charge in [-0.25, -0.2) is 0 Å². The van der Waals surface area contributed by atoms with Crippen LogP contribution in [-0.4, -0.2) is 22.4 Å². The van der Waals surface area contributed by atoms with Crippen LogP contribution in [0, 0.1) is 0 Å². The van der Waals surface area contributed by atoms with Gasteiger partial charge in [-0.3, -0.25) is 4.79 Å². The minimum absolute atomic E-state index is 0.0526. The van der Waals surface area contributed by atoms with Gasteiger partial charge in [-0.15, -0.1) is 0 Å². The second kappa shape index (κ2) is 3.86. The Kier molecular flexibility index (Phi) is 3.81.